The van der Waals surface area contributed by atoms with E-state index in [0.29, 0.717) is 0 Å². The molecule has 0 atom stereocenters. The van der Waals surface area contributed by atoms with Crippen molar-refractivity contribution < 1.29 is 4.74 Å². The second kappa shape index (κ2) is 9.69. The van der Waals surface area contributed by atoms with Gasteiger partial charge in [-0.05, 0) is 74.8 Å². The molecule has 2 heterocycles. The van der Waals surface area contributed by atoms with Crippen LogP contribution < -0.4 is 4.74 Å². The number of para-hydroxylation sites is 2. The molecular formula is C44H27NO. The molecule has 0 radical (unpaired) electrons. The van der Waals surface area contributed by atoms with Crippen molar-refractivity contribution in [1.29, 1.82) is 0 Å². The molecule has 2 heteroatoms. The molecule has 9 aromatic rings. The summed E-state index contributed by atoms with van der Waals surface area (Å²) in [6.45, 7) is 0. The molecule has 0 aliphatic carbocycles. The van der Waals surface area contributed by atoms with Crippen molar-refractivity contribution in [2.45, 2.75) is 0 Å². The fourth-order valence-corrected chi connectivity index (χ4v) is 7.60. The van der Waals surface area contributed by atoms with Crippen LogP contribution in [-0.2, 0) is 0 Å². The molecule has 0 amide bonds. The Balaban J connectivity index is 1.26. The first-order valence-corrected chi connectivity index (χ1v) is 15.8. The minimum atomic E-state index is 0.894. The third-order valence-electron chi connectivity index (χ3n) is 9.58. The fourth-order valence-electron chi connectivity index (χ4n) is 7.60. The summed E-state index contributed by atoms with van der Waals surface area (Å²) >= 11 is 0. The molecular weight excluding hydrogens is 558 g/mol. The summed E-state index contributed by atoms with van der Waals surface area (Å²) < 4.78 is 8.89. The SMILES string of the molecule is c1ccc(-n2c3ccc4ccccc4c3c3cccc(-c4ccccc4-c4ccc5c(c4)-c4cccc6cccc(c46)O5)c32)cc1. The summed E-state index contributed by atoms with van der Waals surface area (Å²) in [5, 5.41) is 7.43. The number of fused-ring (bicyclic) bond motifs is 7. The zero-order valence-corrected chi connectivity index (χ0v) is 24.9. The average molecular weight is 586 g/mol. The van der Waals surface area contributed by atoms with Crippen molar-refractivity contribution in [2.24, 2.45) is 0 Å². The predicted octanol–water partition coefficient (Wildman–Crippen LogP) is 12.2. The van der Waals surface area contributed by atoms with Crippen LogP contribution in [0.3, 0.4) is 0 Å². The molecule has 8 aromatic carbocycles. The van der Waals surface area contributed by atoms with Gasteiger partial charge >= 0.3 is 0 Å². The molecule has 0 saturated carbocycles. The number of rotatable bonds is 3. The molecule has 0 bridgehead atoms. The standard InChI is InChI=1S/C44H27NO/c1-2-14-31(15-3-1)45-39-25-23-28-11-4-5-17-33(28)43(39)37-21-10-20-36(44(37)45)34-18-7-6-16-32(34)30-24-26-40-38(27-30)35-19-8-12-29-13-9-22-41(46-40)42(29)35/h1-27H. The summed E-state index contributed by atoms with van der Waals surface area (Å²) in [4.78, 5) is 0. The summed E-state index contributed by atoms with van der Waals surface area (Å²) in [5.41, 5.74) is 10.7. The van der Waals surface area contributed by atoms with Crippen LogP contribution in [0.1, 0.15) is 0 Å². The van der Waals surface area contributed by atoms with Gasteiger partial charge in [0.1, 0.15) is 11.5 Å². The van der Waals surface area contributed by atoms with Crippen molar-refractivity contribution in [2.75, 3.05) is 0 Å². The van der Waals surface area contributed by atoms with Gasteiger partial charge in [0, 0.05) is 33.0 Å². The number of nitrogens with zero attached hydrogens (tertiary/aromatic N) is 1. The highest BCUT2D eigenvalue weighted by Gasteiger charge is 2.23. The number of hydrogen-bond acceptors (Lipinski definition) is 1. The van der Waals surface area contributed by atoms with E-state index in [1.807, 2.05) is 0 Å². The quantitative estimate of drug-likeness (QED) is 0.201. The van der Waals surface area contributed by atoms with E-state index in [-0.39, 0.29) is 0 Å². The van der Waals surface area contributed by atoms with Gasteiger partial charge in [0.05, 0.1) is 11.0 Å². The Morgan fingerprint density at radius 3 is 2.00 bits per heavy atom. The largest absolute Gasteiger partial charge is 0.456 e. The molecule has 10 rings (SSSR count). The molecule has 0 saturated heterocycles. The minimum absolute atomic E-state index is 0.894. The van der Waals surface area contributed by atoms with Gasteiger partial charge in [-0.1, -0.05) is 127 Å². The van der Waals surface area contributed by atoms with Gasteiger partial charge in [-0.2, -0.15) is 0 Å². The van der Waals surface area contributed by atoms with Gasteiger partial charge in [-0.3, -0.25) is 0 Å². The number of ether oxygens (including phenoxy) is 1. The van der Waals surface area contributed by atoms with Crippen LogP contribution in [0.2, 0.25) is 0 Å². The average Bonchev–Trinajstić information content (AvgIpc) is 3.47. The van der Waals surface area contributed by atoms with Crippen LogP contribution in [0.25, 0.3) is 82.4 Å². The second-order valence-electron chi connectivity index (χ2n) is 12.1. The van der Waals surface area contributed by atoms with Crippen LogP contribution in [-0.4, -0.2) is 4.57 Å². The van der Waals surface area contributed by atoms with Gasteiger partial charge in [-0.15, -0.1) is 0 Å². The van der Waals surface area contributed by atoms with Crippen LogP contribution in [0.5, 0.6) is 11.5 Å². The van der Waals surface area contributed by atoms with Crippen molar-refractivity contribution in [1.82, 2.24) is 4.57 Å². The van der Waals surface area contributed by atoms with E-state index in [4.69, 9.17) is 4.74 Å². The van der Waals surface area contributed by atoms with E-state index in [0.717, 1.165) is 22.7 Å². The lowest BCUT2D eigenvalue weighted by atomic mass is 9.89. The maximum atomic E-state index is 6.44. The molecule has 1 aromatic heterocycles. The molecule has 1 aliphatic rings. The Kier molecular flexibility index (Phi) is 5.31. The molecule has 0 unspecified atom stereocenters. The van der Waals surface area contributed by atoms with Crippen molar-refractivity contribution >= 4 is 43.4 Å². The first-order chi connectivity index (χ1) is 22.8. The highest BCUT2D eigenvalue weighted by atomic mass is 16.5. The lowest BCUT2D eigenvalue weighted by molar-refractivity contribution is 0.487. The number of aromatic nitrogens is 1. The predicted molar refractivity (Wildman–Crippen MR) is 192 cm³/mol. The summed E-state index contributed by atoms with van der Waals surface area (Å²) in [5.74, 6) is 1.81. The molecule has 0 spiro atoms. The van der Waals surface area contributed by atoms with E-state index >= 15 is 0 Å². The van der Waals surface area contributed by atoms with Crippen LogP contribution in [0.15, 0.2) is 164 Å². The van der Waals surface area contributed by atoms with Crippen LogP contribution in [0, 0.1) is 0 Å². The lowest BCUT2D eigenvalue weighted by Gasteiger charge is -2.22. The zero-order valence-electron chi connectivity index (χ0n) is 24.9. The summed E-state index contributed by atoms with van der Waals surface area (Å²) in [6, 6.07) is 59.0. The van der Waals surface area contributed by atoms with E-state index < -0.39 is 0 Å². The molecule has 46 heavy (non-hydrogen) atoms. The molecule has 0 fully saturated rings. The molecule has 2 nitrogen and oxygen atoms in total. The second-order valence-corrected chi connectivity index (χ2v) is 12.1. The summed E-state index contributed by atoms with van der Waals surface area (Å²) in [7, 11) is 0. The monoisotopic (exact) mass is 585 g/mol. The van der Waals surface area contributed by atoms with Crippen molar-refractivity contribution in [3.05, 3.63) is 164 Å². The first-order valence-electron chi connectivity index (χ1n) is 15.8. The van der Waals surface area contributed by atoms with Gasteiger partial charge in [0.15, 0.2) is 0 Å². The van der Waals surface area contributed by atoms with Gasteiger partial charge < -0.3 is 9.30 Å². The Bertz CT molecular complexity index is 2660. The van der Waals surface area contributed by atoms with E-state index in [1.54, 1.807) is 0 Å². The Hall–Kier alpha value is -6.12. The minimum Gasteiger partial charge on any atom is -0.456 e. The van der Waals surface area contributed by atoms with E-state index in [1.165, 1.54) is 71.2 Å². The summed E-state index contributed by atoms with van der Waals surface area (Å²) in [6.07, 6.45) is 0. The van der Waals surface area contributed by atoms with Crippen LogP contribution in [0.4, 0.5) is 0 Å². The van der Waals surface area contributed by atoms with Crippen molar-refractivity contribution in [3.8, 4) is 50.6 Å². The van der Waals surface area contributed by atoms with E-state index in [9.17, 15) is 0 Å². The first kappa shape index (κ1) is 25.2. The van der Waals surface area contributed by atoms with Crippen molar-refractivity contribution in [3.63, 3.8) is 0 Å². The lowest BCUT2D eigenvalue weighted by Crippen LogP contribution is -1.98. The number of benzene rings is 8. The van der Waals surface area contributed by atoms with Gasteiger partial charge in [0.25, 0.3) is 0 Å². The zero-order chi connectivity index (χ0) is 30.2. The molecule has 0 N–H and O–H groups in total. The third-order valence-corrected chi connectivity index (χ3v) is 9.58. The Morgan fingerprint density at radius 1 is 0.391 bits per heavy atom. The maximum absolute atomic E-state index is 6.44. The highest BCUT2D eigenvalue weighted by Crippen LogP contribution is 2.49. The van der Waals surface area contributed by atoms with Gasteiger partial charge in [-0.25, -0.2) is 0 Å². The Labute approximate surface area is 266 Å². The van der Waals surface area contributed by atoms with Crippen LogP contribution >= 0.6 is 0 Å². The maximum Gasteiger partial charge on any atom is 0.135 e. The fraction of sp³-hybridized carbons (Fsp3) is 0. The van der Waals surface area contributed by atoms with Gasteiger partial charge in [0.2, 0.25) is 0 Å². The Morgan fingerprint density at radius 2 is 1.09 bits per heavy atom. The molecule has 214 valence electrons. The molecule has 1 aliphatic heterocycles. The number of hydrogen-bond donors (Lipinski definition) is 0. The topological polar surface area (TPSA) is 14.2 Å². The van der Waals surface area contributed by atoms with E-state index in [2.05, 4.69) is 168 Å². The smallest absolute Gasteiger partial charge is 0.135 e. The highest BCUT2D eigenvalue weighted by molar-refractivity contribution is 6.23. The third kappa shape index (κ3) is 3.59. The normalized spacial score (nSPS) is 12.1.